The standard InChI is InChI=1S/C16H17FN2O4/c1-4-12-14(9(2)23-19-12)16(21)22-10(3)15(20)18-13-8-6-5-7-11(13)17/h5-8,10H,4H2,1-3H3,(H,18,20)/t10-/m0/s1. The largest absolute Gasteiger partial charge is 0.449 e. The zero-order chi connectivity index (χ0) is 17.0. The Balaban J connectivity index is 2.05. The van der Waals surface area contributed by atoms with E-state index >= 15 is 0 Å². The van der Waals surface area contributed by atoms with Crippen molar-refractivity contribution >= 4 is 17.6 Å². The van der Waals surface area contributed by atoms with Gasteiger partial charge < -0.3 is 14.6 Å². The van der Waals surface area contributed by atoms with Crippen molar-refractivity contribution in [2.75, 3.05) is 5.32 Å². The summed E-state index contributed by atoms with van der Waals surface area (Å²) in [5.74, 6) is -1.57. The Morgan fingerprint density at radius 2 is 2.09 bits per heavy atom. The highest BCUT2D eigenvalue weighted by molar-refractivity contribution is 5.98. The van der Waals surface area contributed by atoms with Crippen molar-refractivity contribution in [2.45, 2.75) is 33.3 Å². The van der Waals surface area contributed by atoms with E-state index in [1.807, 2.05) is 6.92 Å². The lowest BCUT2D eigenvalue weighted by Gasteiger charge is -2.13. The maximum atomic E-state index is 13.5. The molecule has 1 heterocycles. The van der Waals surface area contributed by atoms with Crippen LogP contribution in [0.25, 0.3) is 0 Å². The second-order valence-corrected chi connectivity index (χ2v) is 4.93. The predicted octanol–water partition coefficient (Wildman–Crippen LogP) is 2.87. The molecule has 1 N–H and O–H groups in total. The van der Waals surface area contributed by atoms with Crippen molar-refractivity contribution in [1.29, 1.82) is 0 Å². The van der Waals surface area contributed by atoms with Gasteiger partial charge in [0.15, 0.2) is 6.10 Å². The average Bonchev–Trinajstić information content (AvgIpc) is 2.90. The van der Waals surface area contributed by atoms with Crippen LogP contribution in [0.1, 0.15) is 35.7 Å². The van der Waals surface area contributed by atoms with Crippen molar-refractivity contribution in [2.24, 2.45) is 0 Å². The van der Waals surface area contributed by atoms with Crippen molar-refractivity contribution in [1.82, 2.24) is 5.16 Å². The lowest BCUT2D eigenvalue weighted by atomic mass is 10.1. The normalized spacial score (nSPS) is 11.8. The maximum Gasteiger partial charge on any atom is 0.344 e. The van der Waals surface area contributed by atoms with Gasteiger partial charge in [-0.25, -0.2) is 9.18 Å². The number of aromatic nitrogens is 1. The zero-order valence-electron chi connectivity index (χ0n) is 13.1. The van der Waals surface area contributed by atoms with Gasteiger partial charge in [-0.3, -0.25) is 4.79 Å². The Kier molecular flexibility index (Phi) is 5.10. The van der Waals surface area contributed by atoms with Crippen molar-refractivity contribution in [3.8, 4) is 0 Å². The van der Waals surface area contributed by atoms with Crippen LogP contribution in [0.3, 0.4) is 0 Å². The minimum atomic E-state index is -1.10. The summed E-state index contributed by atoms with van der Waals surface area (Å²) >= 11 is 0. The number of esters is 1. The number of carbonyl (C=O) groups excluding carboxylic acids is 2. The van der Waals surface area contributed by atoms with Crippen molar-refractivity contribution < 1.29 is 23.2 Å². The summed E-state index contributed by atoms with van der Waals surface area (Å²) in [6.07, 6.45) is -0.599. The lowest BCUT2D eigenvalue weighted by Crippen LogP contribution is -2.30. The van der Waals surface area contributed by atoms with E-state index in [1.165, 1.54) is 25.1 Å². The molecular formula is C16H17FN2O4. The number of amides is 1. The molecule has 7 heteroatoms. The van der Waals surface area contributed by atoms with Crippen LogP contribution < -0.4 is 5.32 Å². The molecule has 0 radical (unpaired) electrons. The second kappa shape index (κ2) is 7.04. The highest BCUT2D eigenvalue weighted by Crippen LogP contribution is 2.17. The SMILES string of the molecule is CCc1noc(C)c1C(=O)O[C@@H](C)C(=O)Nc1ccccc1F. The van der Waals surface area contributed by atoms with Gasteiger partial charge in [0.25, 0.3) is 5.91 Å². The summed E-state index contributed by atoms with van der Waals surface area (Å²) in [6, 6.07) is 5.74. The molecule has 122 valence electrons. The first-order chi connectivity index (χ1) is 10.9. The number of halogens is 1. The van der Waals surface area contributed by atoms with Crippen LogP contribution in [0.2, 0.25) is 0 Å². The van der Waals surface area contributed by atoms with Crippen LogP contribution in [-0.4, -0.2) is 23.1 Å². The Morgan fingerprint density at radius 1 is 1.39 bits per heavy atom. The number of anilines is 1. The van der Waals surface area contributed by atoms with E-state index < -0.39 is 23.8 Å². The van der Waals surface area contributed by atoms with E-state index in [2.05, 4.69) is 10.5 Å². The molecule has 6 nitrogen and oxygen atoms in total. The summed E-state index contributed by atoms with van der Waals surface area (Å²) in [5.41, 5.74) is 0.711. The number of ether oxygens (including phenoxy) is 1. The van der Waals surface area contributed by atoms with Gasteiger partial charge >= 0.3 is 5.97 Å². The lowest BCUT2D eigenvalue weighted by molar-refractivity contribution is -0.123. The predicted molar refractivity (Wildman–Crippen MR) is 80.5 cm³/mol. The first kappa shape index (κ1) is 16.7. The Hall–Kier alpha value is -2.70. The minimum Gasteiger partial charge on any atom is -0.449 e. The molecular weight excluding hydrogens is 303 g/mol. The van der Waals surface area contributed by atoms with E-state index in [-0.39, 0.29) is 11.3 Å². The first-order valence-corrected chi connectivity index (χ1v) is 7.15. The quantitative estimate of drug-likeness (QED) is 0.857. The Morgan fingerprint density at radius 3 is 2.74 bits per heavy atom. The van der Waals surface area contributed by atoms with Gasteiger partial charge in [0.1, 0.15) is 17.1 Å². The van der Waals surface area contributed by atoms with Crippen LogP contribution in [0.4, 0.5) is 10.1 Å². The molecule has 0 spiro atoms. The molecule has 0 aliphatic rings. The number of rotatable bonds is 5. The number of nitrogens with zero attached hydrogens (tertiary/aromatic N) is 1. The number of hydrogen-bond acceptors (Lipinski definition) is 5. The third-order valence-electron chi connectivity index (χ3n) is 3.26. The molecule has 23 heavy (non-hydrogen) atoms. The molecule has 1 aromatic carbocycles. The Labute approximate surface area is 132 Å². The maximum absolute atomic E-state index is 13.5. The topological polar surface area (TPSA) is 81.4 Å². The highest BCUT2D eigenvalue weighted by Gasteiger charge is 2.25. The molecule has 1 amide bonds. The fraction of sp³-hybridized carbons (Fsp3) is 0.312. The van der Waals surface area contributed by atoms with E-state index in [9.17, 15) is 14.0 Å². The third-order valence-corrected chi connectivity index (χ3v) is 3.26. The molecule has 0 unspecified atom stereocenters. The van der Waals surface area contributed by atoms with E-state index in [0.717, 1.165) is 0 Å². The molecule has 2 aromatic rings. The monoisotopic (exact) mass is 320 g/mol. The zero-order valence-corrected chi connectivity index (χ0v) is 13.1. The number of nitrogens with one attached hydrogen (secondary N) is 1. The van der Waals surface area contributed by atoms with E-state index in [1.54, 1.807) is 13.0 Å². The van der Waals surface area contributed by atoms with Crippen LogP contribution in [0, 0.1) is 12.7 Å². The summed E-state index contributed by atoms with van der Waals surface area (Å²) in [4.78, 5) is 24.2. The van der Waals surface area contributed by atoms with Gasteiger partial charge in [-0.05, 0) is 32.4 Å². The van der Waals surface area contributed by atoms with Gasteiger partial charge in [-0.1, -0.05) is 24.2 Å². The number of aryl methyl sites for hydroxylation is 2. The van der Waals surface area contributed by atoms with E-state index in [4.69, 9.17) is 9.26 Å². The fourth-order valence-electron chi connectivity index (χ4n) is 1.99. The summed E-state index contributed by atoms with van der Waals surface area (Å²) in [6.45, 7) is 4.82. The van der Waals surface area contributed by atoms with Gasteiger partial charge in [0.05, 0.1) is 11.4 Å². The van der Waals surface area contributed by atoms with Gasteiger partial charge in [-0.15, -0.1) is 0 Å². The number of para-hydroxylation sites is 1. The molecule has 0 saturated heterocycles. The van der Waals surface area contributed by atoms with Gasteiger partial charge in [0, 0.05) is 0 Å². The molecule has 0 aliphatic heterocycles. The smallest absolute Gasteiger partial charge is 0.344 e. The summed E-state index contributed by atoms with van der Waals surface area (Å²) in [5, 5.41) is 6.13. The molecule has 1 atom stereocenters. The number of hydrogen-bond donors (Lipinski definition) is 1. The molecule has 0 fully saturated rings. The van der Waals surface area contributed by atoms with Gasteiger partial charge in [0.2, 0.25) is 0 Å². The summed E-state index contributed by atoms with van der Waals surface area (Å²) < 4.78 is 23.6. The molecule has 0 saturated carbocycles. The summed E-state index contributed by atoms with van der Waals surface area (Å²) in [7, 11) is 0. The highest BCUT2D eigenvalue weighted by atomic mass is 19.1. The van der Waals surface area contributed by atoms with E-state index in [0.29, 0.717) is 17.9 Å². The van der Waals surface area contributed by atoms with Crippen LogP contribution in [0.15, 0.2) is 28.8 Å². The number of carbonyl (C=O) groups is 2. The Bertz CT molecular complexity index is 727. The van der Waals surface area contributed by atoms with Gasteiger partial charge in [-0.2, -0.15) is 0 Å². The fourth-order valence-corrected chi connectivity index (χ4v) is 1.99. The minimum absolute atomic E-state index is 0.0239. The molecule has 0 aliphatic carbocycles. The third kappa shape index (κ3) is 3.74. The molecule has 0 bridgehead atoms. The molecule has 2 rings (SSSR count). The van der Waals surface area contributed by atoms with Crippen molar-refractivity contribution in [3.63, 3.8) is 0 Å². The second-order valence-electron chi connectivity index (χ2n) is 4.93. The average molecular weight is 320 g/mol. The van der Waals surface area contributed by atoms with Crippen molar-refractivity contribution in [3.05, 3.63) is 47.1 Å². The molecule has 1 aromatic heterocycles. The van der Waals surface area contributed by atoms with Crippen LogP contribution in [0.5, 0.6) is 0 Å². The van der Waals surface area contributed by atoms with Crippen LogP contribution >= 0.6 is 0 Å². The van der Waals surface area contributed by atoms with Crippen LogP contribution in [-0.2, 0) is 16.0 Å². The first-order valence-electron chi connectivity index (χ1n) is 7.15. The number of benzene rings is 1.